The third-order valence-electron chi connectivity index (χ3n) is 5.15. The molecule has 12 heteroatoms. The molecule has 0 fully saturated rings. The Kier molecular flexibility index (Phi) is 6.68. The highest BCUT2D eigenvalue weighted by atomic mass is 32.1. The van der Waals surface area contributed by atoms with Gasteiger partial charge in [0.15, 0.2) is 0 Å². The number of aromatic nitrogens is 3. The first-order valence-corrected chi connectivity index (χ1v) is 11.0. The maximum Gasteiger partial charge on any atom is 0.416 e. The molecule has 1 aliphatic rings. The monoisotopic (exact) mass is 501 g/mol. The number of hydrogen-bond acceptors (Lipinski definition) is 7. The van der Waals surface area contributed by atoms with Gasteiger partial charge in [0.05, 0.1) is 34.2 Å². The second kappa shape index (κ2) is 9.55. The third kappa shape index (κ3) is 5.72. The number of alkyl halides is 3. The van der Waals surface area contributed by atoms with E-state index in [9.17, 15) is 18.0 Å². The lowest BCUT2D eigenvalue weighted by molar-refractivity contribution is -0.137. The number of carbonyl (C=O) groups excluding carboxylic acids is 1. The Morgan fingerprint density at radius 1 is 1.20 bits per heavy atom. The van der Waals surface area contributed by atoms with Crippen LogP contribution in [0, 0.1) is 6.92 Å². The average Bonchev–Trinajstić information content (AvgIpc) is 2.89. The lowest BCUT2D eigenvalue weighted by Gasteiger charge is -2.14. The molecule has 0 saturated carbocycles. The summed E-state index contributed by atoms with van der Waals surface area (Å²) in [5.41, 5.74) is 2.35. The van der Waals surface area contributed by atoms with Gasteiger partial charge in [0.1, 0.15) is 5.82 Å². The van der Waals surface area contributed by atoms with Crippen molar-refractivity contribution in [3.05, 3.63) is 53.3 Å². The van der Waals surface area contributed by atoms with E-state index in [4.69, 9.17) is 12.2 Å². The molecule has 0 atom stereocenters. The van der Waals surface area contributed by atoms with E-state index in [1.165, 1.54) is 6.07 Å². The number of aryl methyl sites for hydroxylation is 1. The van der Waals surface area contributed by atoms with Gasteiger partial charge < -0.3 is 20.9 Å². The zero-order valence-corrected chi connectivity index (χ0v) is 19.9. The molecule has 3 heterocycles. The van der Waals surface area contributed by atoms with Crippen molar-refractivity contribution in [1.29, 1.82) is 0 Å². The number of nitrogens with zero attached hydrogens (tertiary/aromatic N) is 4. The van der Waals surface area contributed by atoms with Crippen LogP contribution < -0.4 is 16.0 Å². The summed E-state index contributed by atoms with van der Waals surface area (Å²) in [6, 6.07) is 6.83. The molecule has 3 N–H and O–H groups in total. The third-order valence-corrected chi connectivity index (χ3v) is 5.40. The number of hydrogen-bond donors (Lipinski definition) is 3. The molecule has 2 aromatic heterocycles. The van der Waals surface area contributed by atoms with Crippen molar-refractivity contribution >= 4 is 46.3 Å². The zero-order valence-electron chi connectivity index (χ0n) is 19.1. The summed E-state index contributed by atoms with van der Waals surface area (Å²) in [5.74, 6) is 0.476. The molecule has 8 nitrogen and oxygen atoms in total. The molecule has 35 heavy (non-hydrogen) atoms. The van der Waals surface area contributed by atoms with Gasteiger partial charge in [-0.2, -0.15) is 13.2 Å². The van der Waals surface area contributed by atoms with Crippen molar-refractivity contribution < 1.29 is 18.0 Å². The van der Waals surface area contributed by atoms with E-state index in [0.29, 0.717) is 45.4 Å². The molecule has 0 aliphatic carbocycles. The van der Waals surface area contributed by atoms with E-state index in [0.717, 1.165) is 12.1 Å². The molecule has 1 amide bonds. The minimum Gasteiger partial charge on any atom is -0.349 e. The maximum atomic E-state index is 13.2. The molecule has 3 aromatic rings. The van der Waals surface area contributed by atoms with Crippen molar-refractivity contribution in [2.24, 2.45) is 0 Å². The van der Waals surface area contributed by atoms with Gasteiger partial charge >= 0.3 is 6.18 Å². The highest BCUT2D eigenvalue weighted by molar-refractivity contribution is 7.80. The molecule has 0 spiro atoms. The van der Waals surface area contributed by atoms with Crippen LogP contribution in [0.5, 0.6) is 0 Å². The predicted molar refractivity (Wildman–Crippen MR) is 132 cm³/mol. The fourth-order valence-corrected chi connectivity index (χ4v) is 3.85. The van der Waals surface area contributed by atoms with Gasteiger partial charge in [0, 0.05) is 29.4 Å². The lowest BCUT2D eigenvalue weighted by Crippen LogP contribution is -2.27. The summed E-state index contributed by atoms with van der Waals surface area (Å²) >= 11 is 5.30. The Hall–Kier alpha value is -3.64. The van der Waals surface area contributed by atoms with E-state index < -0.39 is 11.7 Å². The quantitative estimate of drug-likeness (QED) is 0.443. The second-order valence-electron chi connectivity index (χ2n) is 8.29. The lowest BCUT2D eigenvalue weighted by atomic mass is 10.0. The Morgan fingerprint density at radius 3 is 2.66 bits per heavy atom. The number of anilines is 4. The molecule has 0 bridgehead atoms. The van der Waals surface area contributed by atoms with Crippen LogP contribution in [0.2, 0.25) is 0 Å². The molecule has 0 unspecified atom stereocenters. The molecular formula is C23H22F3N7OS. The van der Waals surface area contributed by atoms with Crippen molar-refractivity contribution in [3.63, 3.8) is 0 Å². The largest absolute Gasteiger partial charge is 0.416 e. The summed E-state index contributed by atoms with van der Waals surface area (Å²) in [6.45, 7) is 2.00. The number of thiocarbonyl (C=S) groups is 1. The summed E-state index contributed by atoms with van der Waals surface area (Å²) in [6.07, 6.45) is -2.58. The number of benzene rings is 1. The second-order valence-corrected chi connectivity index (χ2v) is 8.78. The first kappa shape index (κ1) is 24.5. The standard InChI is InChI=1S/C23H22F3N7OS/c1-12-16(6-7-18(28-12)31-19(34)11-33(2)3)30-22-27-10-13-8-20(35)29-17-9-14(23(24,25)26)4-5-15(17)21(13)32-22/h4-7,9-10H,8,11H2,1-3H3,(H,29,35)(H,27,30,32)(H,28,31,34). The molecule has 0 saturated heterocycles. The molecule has 4 rings (SSSR count). The van der Waals surface area contributed by atoms with E-state index in [1.807, 2.05) is 0 Å². The number of pyridine rings is 1. The fraction of sp³-hybridized carbons (Fsp3) is 0.261. The molecule has 182 valence electrons. The van der Waals surface area contributed by atoms with E-state index in [2.05, 4.69) is 30.9 Å². The maximum absolute atomic E-state index is 13.2. The van der Waals surface area contributed by atoms with Crippen molar-refractivity contribution in [2.45, 2.75) is 19.5 Å². The number of rotatable bonds is 5. The van der Waals surface area contributed by atoms with Crippen LogP contribution in [0.25, 0.3) is 11.3 Å². The Labute approximate surface area is 205 Å². The summed E-state index contributed by atoms with van der Waals surface area (Å²) in [5, 5.41) is 8.72. The highest BCUT2D eigenvalue weighted by Gasteiger charge is 2.32. The highest BCUT2D eigenvalue weighted by Crippen LogP contribution is 2.38. The van der Waals surface area contributed by atoms with Crippen LogP contribution in [0.15, 0.2) is 36.5 Å². The van der Waals surface area contributed by atoms with Gasteiger partial charge in [0.2, 0.25) is 11.9 Å². The van der Waals surface area contributed by atoms with Crippen LogP contribution in [-0.2, 0) is 17.4 Å². The number of nitrogens with one attached hydrogen (secondary N) is 3. The first-order valence-electron chi connectivity index (χ1n) is 10.6. The average molecular weight is 502 g/mol. The van der Waals surface area contributed by atoms with Crippen LogP contribution in [-0.4, -0.2) is 51.4 Å². The van der Waals surface area contributed by atoms with Gasteiger partial charge in [-0.1, -0.05) is 18.3 Å². The van der Waals surface area contributed by atoms with Gasteiger partial charge in [-0.3, -0.25) is 4.79 Å². The Balaban J connectivity index is 1.62. The molecular weight excluding hydrogens is 479 g/mol. The van der Waals surface area contributed by atoms with Crippen LogP contribution in [0.1, 0.15) is 16.8 Å². The predicted octanol–water partition coefficient (Wildman–Crippen LogP) is 4.40. The summed E-state index contributed by atoms with van der Waals surface area (Å²) in [7, 11) is 3.59. The van der Waals surface area contributed by atoms with Crippen molar-refractivity contribution in [3.8, 4) is 11.3 Å². The number of halogens is 3. The van der Waals surface area contributed by atoms with E-state index >= 15 is 0 Å². The number of likely N-dealkylation sites (N-methyl/N-ethyl adjacent to an activating group) is 1. The summed E-state index contributed by atoms with van der Waals surface area (Å²) in [4.78, 5) is 27.4. The number of carbonyl (C=O) groups is 1. The van der Waals surface area contributed by atoms with E-state index in [-0.39, 0.29) is 24.1 Å². The molecule has 1 aromatic carbocycles. The first-order chi connectivity index (χ1) is 16.5. The van der Waals surface area contributed by atoms with Gasteiger partial charge in [0.25, 0.3) is 0 Å². The SMILES string of the molecule is Cc1nc(NC(=O)CN(C)C)ccc1Nc1ncc2c(n1)-c1ccc(C(F)(F)F)cc1NC(=S)C2. The smallest absolute Gasteiger partial charge is 0.349 e. The van der Waals surface area contributed by atoms with Gasteiger partial charge in [-0.25, -0.2) is 15.0 Å². The Bertz CT molecular complexity index is 1310. The van der Waals surface area contributed by atoms with Gasteiger partial charge in [-0.05, 0) is 45.3 Å². The summed E-state index contributed by atoms with van der Waals surface area (Å²) < 4.78 is 39.7. The Morgan fingerprint density at radius 2 is 1.97 bits per heavy atom. The van der Waals surface area contributed by atoms with Crippen LogP contribution in [0.4, 0.5) is 36.3 Å². The number of amides is 1. The van der Waals surface area contributed by atoms with Crippen molar-refractivity contribution in [2.75, 3.05) is 36.6 Å². The topological polar surface area (TPSA) is 95.1 Å². The van der Waals surface area contributed by atoms with Gasteiger partial charge in [-0.15, -0.1) is 0 Å². The fourth-order valence-electron chi connectivity index (χ4n) is 3.58. The van der Waals surface area contributed by atoms with Crippen LogP contribution >= 0.6 is 12.2 Å². The molecule has 1 aliphatic heterocycles. The van der Waals surface area contributed by atoms with E-state index in [1.54, 1.807) is 44.2 Å². The normalized spacial score (nSPS) is 12.9. The number of fused-ring (bicyclic) bond motifs is 3. The zero-order chi connectivity index (χ0) is 25.3. The minimum absolute atomic E-state index is 0.185. The minimum atomic E-state index is -4.48. The van der Waals surface area contributed by atoms with Crippen molar-refractivity contribution in [1.82, 2.24) is 19.9 Å². The molecule has 0 radical (unpaired) electrons. The van der Waals surface area contributed by atoms with Crippen LogP contribution in [0.3, 0.4) is 0 Å².